The Balaban J connectivity index is 1.36. The van der Waals surface area contributed by atoms with Crippen LogP contribution in [-0.4, -0.2) is 45.4 Å². The molecule has 1 aliphatic rings. The number of carbonyl (C=O) groups excluding carboxylic acids is 1. The third kappa shape index (κ3) is 4.79. The Labute approximate surface area is 240 Å². The monoisotopic (exact) mass is 574 g/mol. The van der Waals surface area contributed by atoms with Crippen LogP contribution in [0.1, 0.15) is 41.2 Å². The number of anilines is 2. The number of halogens is 3. The molecule has 1 amide bonds. The van der Waals surface area contributed by atoms with Gasteiger partial charge in [-0.1, -0.05) is 55.4 Å². The SMILES string of the molecule is CCN(CC)Cc1ccccc1-c1ccc(N2CCc3c(C(F)(F)F)nn(-c4ccc5onc(N)c5c4)c3C2=O)cc1. The lowest BCUT2D eigenvalue weighted by atomic mass is 9.98. The molecule has 8 nitrogen and oxygen atoms in total. The van der Waals surface area contributed by atoms with Crippen molar-refractivity contribution in [3.05, 3.63) is 89.2 Å². The number of hydrogen-bond donors (Lipinski definition) is 1. The van der Waals surface area contributed by atoms with Gasteiger partial charge < -0.3 is 15.2 Å². The molecule has 0 saturated heterocycles. The van der Waals surface area contributed by atoms with Crippen molar-refractivity contribution in [2.75, 3.05) is 30.3 Å². The van der Waals surface area contributed by atoms with E-state index in [1.165, 1.54) is 28.7 Å². The number of aromatic nitrogens is 3. The molecule has 2 aromatic heterocycles. The Hall–Kier alpha value is -4.64. The van der Waals surface area contributed by atoms with Crippen LogP contribution < -0.4 is 10.6 Å². The van der Waals surface area contributed by atoms with E-state index in [2.05, 4.69) is 41.1 Å². The van der Waals surface area contributed by atoms with Gasteiger partial charge in [-0.25, -0.2) is 4.68 Å². The Morgan fingerprint density at radius 2 is 1.71 bits per heavy atom. The van der Waals surface area contributed by atoms with Gasteiger partial charge in [0, 0.05) is 24.3 Å². The van der Waals surface area contributed by atoms with Gasteiger partial charge in [-0.3, -0.25) is 9.69 Å². The fourth-order valence-electron chi connectivity index (χ4n) is 5.55. The van der Waals surface area contributed by atoms with E-state index < -0.39 is 17.8 Å². The first-order valence-corrected chi connectivity index (χ1v) is 13.8. The van der Waals surface area contributed by atoms with E-state index in [4.69, 9.17) is 10.3 Å². The van der Waals surface area contributed by atoms with Crippen LogP contribution >= 0.6 is 0 Å². The highest BCUT2D eigenvalue weighted by Gasteiger charge is 2.43. The first-order chi connectivity index (χ1) is 20.2. The molecule has 1 aliphatic heterocycles. The van der Waals surface area contributed by atoms with Crippen LogP contribution in [0.4, 0.5) is 24.7 Å². The molecular weight excluding hydrogens is 545 g/mol. The third-order valence-corrected chi connectivity index (χ3v) is 7.81. The van der Waals surface area contributed by atoms with Crippen molar-refractivity contribution in [2.45, 2.75) is 33.0 Å². The zero-order valence-electron chi connectivity index (χ0n) is 23.2. The molecule has 5 aromatic rings. The van der Waals surface area contributed by atoms with E-state index in [1.807, 2.05) is 36.4 Å². The van der Waals surface area contributed by atoms with Crippen LogP contribution in [0.3, 0.4) is 0 Å². The van der Waals surface area contributed by atoms with E-state index in [9.17, 15) is 18.0 Å². The predicted molar refractivity (Wildman–Crippen MR) is 154 cm³/mol. The molecule has 2 N–H and O–H groups in total. The Kier molecular flexibility index (Phi) is 6.97. The van der Waals surface area contributed by atoms with Crippen LogP contribution in [0.2, 0.25) is 0 Å². The second-order valence-corrected chi connectivity index (χ2v) is 10.2. The Bertz CT molecular complexity index is 1770. The summed E-state index contributed by atoms with van der Waals surface area (Å²) in [7, 11) is 0. The molecule has 42 heavy (non-hydrogen) atoms. The van der Waals surface area contributed by atoms with Gasteiger partial charge >= 0.3 is 6.18 Å². The Morgan fingerprint density at radius 3 is 2.43 bits per heavy atom. The lowest BCUT2D eigenvalue weighted by Crippen LogP contribution is -2.39. The summed E-state index contributed by atoms with van der Waals surface area (Å²) in [6.07, 6.45) is -4.72. The summed E-state index contributed by atoms with van der Waals surface area (Å²) in [4.78, 5) is 17.7. The van der Waals surface area contributed by atoms with Crippen molar-refractivity contribution in [3.8, 4) is 16.8 Å². The van der Waals surface area contributed by atoms with Gasteiger partial charge in [-0.15, -0.1) is 0 Å². The number of nitrogen functional groups attached to an aromatic ring is 1. The van der Waals surface area contributed by atoms with E-state index in [0.29, 0.717) is 16.7 Å². The van der Waals surface area contributed by atoms with Gasteiger partial charge in [0.15, 0.2) is 17.1 Å². The molecule has 216 valence electrons. The van der Waals surface area contributed by atoms with Crippen molar-refractivity contribution in [1.29, 1.82) is 0 Å². The molecule has 11 heteroatoms. The smallest absolute Gasteiger partial charge is 0.380 e. The minimum atomic E-state index is -4.72. The summed E-state index contributed by atoms with van der Waals surface area (Å²) in [6.45, 7) is 7.06. The molecule has 0 fully saturated rings. The van der Waals surface area contributed by atoms with Gasteiger partial charge in [-0.2, -0.15) is 18.3 Å². The second-order valence-electron chi connectivity index (χ2n) is 10.2. The lowest BCUT2D eigenvalue weighted by molar-refractivity contribution is -0.141. The number of benzene rings is 3. The topological polar surface area (TPSA) is 93.4 Å². The van der Waals surface area contributed by atoms with Crippen LogP contribution in [-0.2, 0) is 19.1 Å². The number of alkyl halides is 3. The summed E-state index contributed by atoms with van der Waals surface area (Å²) in [5.74, 6) is -0.469. The highest BCUT2D eigenvalue weighted by molar-refractivity contribution is 6.08. The number of nitrogens with zero attached hydrogens (tertiary/aromatic N) is 5. The van der Waals surface area contributed by atoms with Crippen molar-refractivity contribution in [1.82, 2.24) is 19.8 Å². The maximum absolute atomic E-state index is 14.0. The van der Waals surface area contributed by atoms with Crippen LogP contribution in [0, 0.1) is 0 Å². The van der Waals surface area contributed by atoms with Gasteiger partial charge in [0.25, 0.3) is 5.91 Å². The first-order valence-electron chi connectivity index (χ1n) is 13.8. The number of amides is 1. The van der Waals surface area contributed by atoms with Gasteiger partial charge in [0.05, 0.1) is 11.1 Å². The summed E-state index contributed by atoms with van der Waals surface area (Å²) >= 11 is 0. The van der Waals surface area contributed by atoms with Crippen LogP contribution in [0.15, 0.2) is 71.3 Å². The molecule has 0 spiro atoms. The third-order valence-electron chi connectivity index (χ3n) is 7.81. The average molecular weight is 575 g/mol. The summed E-state index contributed by atoms with van der Waals surface area (Å²) in [6, 6.07) is 20.3. The summed E-state index contributed by atoms with van der Waals surface area (Å²) in [5.41, 5.74) is 9.06. The molecule has 0 saturated carbocycles. The number of hydrogen-bond acceptors (Lipinski definition) is 6. The molecule has 0 aliphatic carbocycles. The zero-order valence-corrected chi connectivity index (χ0v) is 23.2. The number of fused-ring (bicyclic) bond motifs is 2. The van der Waals surface area contributed by atoms with Crippen molar-refractivity contribution in [3.63, 3.8) is 0 Å². The maximum atomic E-state index is 14.0. The minimum Gasteiger partial charge on any atom is -0.380 e. The Morgan fingerprint density at radius 1 is 1.00 bits per heavy atom. The molecule has 0 radical (unpaired) electrons. The standard InChI is InChI=1S/C31H29F3N6O2/c1-3-38(4-2)18-20-7-5-6-8-23(20)19-9-11-21(12-10-19)39-16-15-24-27(30(39)41)40(36-28(24)31(32,33)34)22-13-14-26-25(17-22)29(35)37-42-26/h5-14,17H,3-4,15-16,18H2,1-2H3,(H2,35,37). The van der Waals surface area contributed by atoms with E-state index in [1.54, 1.807) is 0 Å². The highest BCUT2D eigenvalue weighted by Crippen LogP contribution is 2.38. The fourth-order valence-corrected chi connectivity index (χ4v) is 5.55. The number of rotatable bonds is 7. The van der Waals surface area contributed by atoms with E-state index in [0.717, 1.165) is 35.4 Å². The van der Waals surface area contributed by atoms with Crippen molar-refractivity contribution in [2.24, 2.45) is 0 Å². The normalized spacial score (nSPS) is 13.8. The lowest BCUT2D eigenvalue weighted by Gasteiger charge is -2.28. The summed E-state index contributed by atoms with van der Waals surface area (Å²) in [5, 5.41) is 8.00. The fraction of sp³-hybridized carbons (Fsp3) is 0.258. The van der Waals surface area contributed by atoms with Crippen LogP contribution in [0.25, 0.3) is 27.8 Å². The highest BCUT2D eigenvalue weighted by atomic mass is 19.4. The van der Waals surface area contributed by atoms with Crippen LogP contribution in [0.5, 0.6) is 0 Å². The first kappa shape index (κ1) is 27.5. The molecule has 6 rings (SSSR count). The van der Waals surface area contributed by atoms with Crippen molar-refractivity contribution >= 4 is 28.4 Å². The largest absolute Gasteiger partial charge is 0.435 e. The number of carbonyl (C=O) groups is 1. The molecule has 0 unspecified atom stereocenters. The van der Waals surface area contributed by atoms with Crippen molar-refractivity contribution < 1.29 is 22.5 Å². The molecular formula is C31H29F3N6O2. The minimum absolute atomic E-state index is 0.00200. The van der Waals surface area contributed by atoms with E-state index in [-0.39, 0.29) is 35.7 Å². The van der Waals surface area contributed by atoms with Gasteiger partial charge in [0.1, 0.15) is 5.69 Å². The molecule has 3 aromatic carbocycles. The van der Waals surface area contributed by atoms with Gasteiger partial charge in [-0.05, 0) is 66.5 Å². The van der Waals surface area contributed by atoms with E-state index >= 15 is 0 Å². The zero-order chi connectivity index (χ0) is 29.6. The molecule has 0 atom stereocenters. The second kappa shape index (κ2) is 10.6. The maximum Gasteiger partial charge on any atom is 0.435 e. The summed E-state index contributed by atoms with van der Waals surface area (Å²) < 4.78 is 48.3. The molecule has 0 bridgehead atoms. The average Bonchev–Trinajstić information content (AvgIpc) is 3.58. The predicted octanol–water partition coefficient (Wildman–Crippen LogP) is 6.33. The number of nitrogens with two attached hydrogens (primary N) is 1. The van der Waals surface area contributed by atoms with Gasteiger partial charge in [0.2, 0.25) is 0 Å². The molecule has 3 heterocycles. The quantitative estimate of drug-likeness (QED) is 0.244.